The first kappa shape index (κ1) is 13.2. The van der Waals surface area contributed by atoms with Gasteiger partial charge >= 0.3 is 6.18 Å². The van der Waals surface area contributed by atoms with Crippen molar-refractivity contribution in [1.29, 1.82) is 0 Å². The number of halogens is 3. The molecule has 0 aromatic heterocycles. The van der Waals surface area contributed by atoms with Crippen LogP contribution in [0.15, 0.2) is 18.2 Å². The third kappa shape index (κ3) is 2.61. The fourth-order valence-corrected chi connectivity index (χ4v) is 2.37. The Kier molecular flexibility index (Phi) is 3.52. The molecule has 2 nitrogen and oxygen atoms in total. The normalized spacial score (nSPS) is 20.5. The summed E-state index contributed by atoms with van der Waals surface area (Å²) in [5, 5.41) is 0. The molecule has 1 aliphatic heterocycles. The van der Waals surface area contributed by atoms with E-state index < -0.39 is 11.7 Å². The second kappa shape index (κ2) is 4.80. The van der Waals surface area contributed by atoms with E-state index in [0.717, 1.165) is 31.1 Å². The molecule has 0 radical (unpaired) electrons. The summed E-state index contributed by atoms with van der Waals surface area (Å²) < 4.78 is 38.1. The molecule has 0 amide bonds. The summed E-state index contributed by atoms with van der Waals surface area (Å²) in [4.78, 5) is 2.00. The Balaban J connectivity index is 2.27. The fourth-order valence-electron chi connectivity index (χ4n) is 2.37. The quantitative estimate of drug-likeness (QED) is 0.883. The maximum atomic E-state index is 12.7. The van der Waals surface area contributed by atoms with Crippen LogP contribution in [0, 0.1) is 12.8 Å². The second-order valence-corrected chi connectivity index (χ2v) is 4.84. The average molecular weight is 258 g/mol. The third-order valence-corrected chi connectivity index (χ3v) is 3.50. The highest BCUT2D eigenvalue weighted by molar-refractivity contribution is 5.56. The van der Waals surface area contributed by atoms with Crippen LogP contribution in [0.5, 0.6) is 0 Å². The van der Waals surface area contributed by atoms with Gasteiger partial charge in [-0.05, 0) is 43.5 Å². The molecule has 1 heterocycles. The molecule has 100 valence electrons. The summed E-state index contributed by atoms with van der Waals surface area (Å²) >= 11 is 0. The molecule has 1 atom stereocenters. The number of hydrogen-bond acceptors (Lipinski definition) is 2. The maximum Gasteiger partial charge on any atom is 0.416 e. The van der Waals surface area contributed by atoms with Crippen LogP contribution >= 0.6 is 0 Å². The zero-order valence-corrected chi connectivity index (χ0v) is 10.3. The fraction of sp³-hybridized carbons (Fsp3) is 0.538. The van der Waals surface area contributed by atoms with Crippen LogP contribution in [0.25, 0.3) is 0 Å². The lowest BCUT2D eigenvalue weighted by Crippen LogP contribution is -2.23. The predicted molar refractivity (Wildman–Crippen MR) is 65.6 cm³/mol. The number of aryl methyl sites for hydroxylation is 1. The molecule has 0 spiro atoms. The monoisotopic (exact) mass is 258 g/mol. The van der Waals surface area contributed by atoms with Gasteiger partial charge in [0.2, 0.25) is 0 Å². The van der Waals surface area contributed by atoms with Crippen molar-refractivity contribution in [3.8, 4) is 0 Å². The molecule has 1 aliphatic rings. The highest BCUT2D eigenvalue weighted by Gasteiger charge is 2.32. The van der Waals surface area contributed by atoms with Gasteiger partial charge in [-0.25, -0.2) is 0 Å². The lowest BCUT2D eigenvalue weighted by atomic mass is 10.1. The van der Waals surface area contributed by atoms with Crippen molar-refractivity contribution in [2.75, 3.05) is 24.5 Å². The van der Waals surface area contributed by atoms with Crippen molar-refractivity contribution < 1.29 is 13.2 Å². The Morgan fingerprint density at radius 1 is 1.39 bits per heavy atom. The van der Waals surface area contributed by atoms with E-state index in [9.17, 15) is 13.2 Å². The molecule has 0 aliphatic carbocycles. The van der Waals surface area contributed by atoms with Gasteiger partial charge in [-0.3, -0.25) is 0 Å². The van der Waals surface area contributed by atoms with Gasteiger partial charge in [0.25, 0.3) is 0 Å². The molecule has 1 saturated heterocycles. The van der Waals surface area contributed by atoms with E-state index in [4.69, 9.17) is 5.73 Å². The van der Waals surface area contributed by atoms with Gasteiger partial charge in [-0.1, -0.05) is 6.07 Å². The number of hydrogen-bond donors (Lipinski definition) is 1. The summed E-state index contributed by atoms with van der Waals surface area (Å²) in [5.41, 5.74) is 6.58. The second-order valence-electron chi connectivity index (χ2n) is 4.84. The summed E-state index contributed by atoms with van der Waals surface area (Å²) in [6.45, 7) is 3.96. The van der Waals surface area contributed by atoms with Crippen molar-refractivity contribution in [3.05, 3.63) is 29.3 Å². The number of rotatable bonds is 2. The Hall–Kier alpha value is -1.23. The molecule has 18 heavy (non-hydrogen) atoms. The zero-order chi connectivity index (χ0) is 13.3. The predicted octanol–water partition coefficient (Wildman–Crippen LogP) is 2.80. The lowest BCUT2D eigenvalue weighted by Gasteiger charge is -2.22. The van der Waals surface area contributed by atoms with Gasteiger partial charge in [0.1, 0.15) is 0 Å². The molecule has 0 bridgehead atoms. The molecule has 2 N–H and O–H groups in total. The Bertz CT molecular complexity index is 429. The van der Waals surface area contributed by atoms with Gasteiger partial charge in [0.15, 0.2) is 0 Å². The first-order valence-electron chi connectivity index (χ1n) is 6.04. The molecule has 1 aromatic rings. The van der Waals surface area contributed by atoms with Crippen molar-refractivity contribution >= 4 is 5.69 Å². The van der Waals surface area contributed by atoms with Crippen LogP contribution in [-0.4, -0.2) is 19.6 Å². The molecule has 5 heteroatoms. The summed E-state index contributed by atoms with van der Waals surface area (Å²) in [7, 11) is 0. The number of anilines is 1. The van der Waals surface area contributed by atoms with E-state index in [1.54, 1.807) is 0 Å². The van der Waals surface area contributed by atoms with Crippen LogP contribution in [-0.2, 0) is 6.18 Å². The zero-order valence-electron chi connectivity index (χ0n) is 10.3. The minimum atomic E-state index is -4.28. The average Bonchev–Trinajstić information content (AvgIpc) is 2.76. The van der Waals surface area contributed by atoms with E-state index in [1.807, 2.05) is 11.8 Å². The van der Waals surface area contributed by atoms with Gasteiger partial charge in [0.05, 0.1) is 5.56 Å². The van der Waals surface area contributed by atoms with Gasteiger partial charge in [-0.15, -0.1) is 0 Å². The van der Waals surface area contributed by atoms with E-state index >= 15 is 0 Å². The van der Waals surface area contributed by atoms with E-state index in [0.29, 0.717) is 18.2 Å². The summed E-state index contributed by atoms with van der Waals surface area (Å²) in [5.74, 6) is 0.388. The standard InChI is InChI=1S/C13H17F3N2/c1-9-2-3-11(13(14,15)16)6-12(9)18-5-4-10(7-17)8-18/h2-3,6,10H,4-5,7-8,17H2,1H3. The third-order valence-electron chi connectivity index (χ3n) is 3.50. The van der Waals surface area contributed by atoms with Gasteiger partial charge in [0, 0.05) is 18.8 Å². The number of benzene rings is 1. The molecule has 2 rings (SSSR count). The molecular formula is C13H17F3N2. The van der Waals surface area contributed by atoms with Crippen molar-refractivity contribution in [2.24, 2.45) is 11.7 Å². The Morgan fingerprint density at radius 2 is 2.11 bits per heavy atom. The largest absolute Gasteiger partial charge is 0.416 e. The maximum absolute atomic E-state index is 12.7. The smallest absolute Gasteiger partial charge is 0.371 e. The van der Waals surface area contributed by atoms with E-state index in [1.165, 1.54) is 12.1 Å². The van der Waals surface area contributed by atoms with Crippen LogP contribution in [0.1, 0.15) is 17.5 Å². The van der Waals surface area contributed by atoms with E-state index in [2.05, 4.69) is 0 Å². The number of alkyl halides is 3. The lowest BCUT2D eigenvalue weighted by molar-refractivity contribution is -0.137. The Labute approximate surface area is 105 Å². The van der Waals surface area contributed by atoms with E-state index in [-0.39, 0.29) is 0 Å². The van der Waals surface area contributed by atoms with Crippen LogP contribution in [0.3, 0.4) is 0 Å². The number of nitrogens with two attached hydrogens (primary N) is 1. The Morgan fingerprint density at radius 3 is 2.67 bits per heavy atom. The summed E-state index contributed by atoms with van der Waals surface area (Å²) in [6, 6.07) is 3.91. The SMILES string of the molecule is Cc1ccc(C(F)(F)F)cc1N1CCC(CN)C1. The number of nitrogens with zero attached hydrogens (tertiary/aromatic N) is 1. The molecular weight excluding hydrogens is 241 g/mol. The first-order chi connectivity index (χ1) is 8.41. The minimum Gasteiger partial charge on any atom is -0.371 e. The molecule has 1 unspecified atom stereocenters. The molecule has 0 saturated carbocycles. The molecule has 1 aromatic carbocycles. The molecule has 1 fully saturated rings. The summed E-state index contributed by atoms with van der Waals surface area (Å²) in [6.07, 6.45) is -3.33. The van der Waals surface area contributed by atoms with Crippen molar-refractivity contribution in [1.82, 2.24) is 0 Å². The van der Waals surface area contributed by atoms with Crippen LogP contribution < -0.4 is 10.6 Å². The highest BCUT2D eigenvalue weighted by atomic mass is 19.4. The topological polar surface area (TPSA) is 29.3 Å². The van der Waals surface area contributed by atoms with Gasteiger partial charge < -0.3 is 10.6 Å². The highest BCUT2D eigenvalue weighted by Crippen LogP contribution is 2.34. The first-order valence-corrected chi connectivity index (χ1v) is 6.04. The van der Waals surface area contributed by atoms with Crippen molar-refractivity contribution in [2.45, 2.75) is 19.5 Å². The van der Waals surface area contributed by atoms with Gasteiger partial charge in [-0.2, -0.15) is 13.2 Å². The minimum absolute atomic E-state index is 0.388. The van der Waals surface area contributed by atoms with Crippen molar-refractivity contribution in [3.63, 3.8) is 0 Å². The van der Waals surface area contributed by atoms with Crippen LogP contribution in [0.2, 0.25) is 0 Å². The van der Waals surface area contributed by atoms with Crippen LogP contribution in [0.4, 0.5) is 18.9 Å².